The number of rotatable bonds is 4. The molecule has 1 amide bonds. The SMILES string of the molecule is Cc1ccccc1CC(=O)N1CCN(C(C)c2ccc(F)c(F)c2)CC1. The van der Waals surface area contributed by atoms with Gasteiger partial charge in [0, 0.05) is 32.2 Å². The molecule has 1 unspecified atom stereocenters. The summed E-state index contributed by atoms with van der Waals surface area (Å²) in [6.07, 6.45) is 0.422. The molecule has 0 saturated carbocycles. The van der Waals surface area contributed by atoms with Crippen LogP contribution in [0.3, 0.4) is 0 Å². The Labute approximate surface area is 153 Å². The van der Waals surface area contributed by atoms with Crippen LogP contribution in [0.5, 0.6) is 0 Å². The lowest BCUT2D eigenvalue weighted by Gasteiger charge is -2.38. The van der Waals surface area contributed by atoms with Gasteiger partial charge in [-0.2, -0.15) is 0 Å². The van der Waals surface area contributed by atoms with Crippen LogP contribution in [-0.4, -0.2) is 41.9 Å². The summed E-state index contributed by atoms with van der Waals surface area (Å²) in [6.45, 7) is 6.75. The smallest absolute Gasteiger partial charge is 0.227 e. The largest absolute Gasteiger partial charge is 0.340 e. The first kappa shape index (κ1) is 18.5. The third-order valence-corrected chi connectivity index (χ3v) is 5.24. The second-order valence-electron chi connectivity index (χ2n) is 6.87. The van der Waals surface area contributed by atoms with Gasteiger partial charge in [-0.3, -0.25) is 9.69 Å². The molecule has 0 spiro atoms. The first-order valence-corrected chi connectivity index (χ1v) is 8.97. The summed E-state index contributed by atoms with van der Waals surface area (Å²) in [5, 5.41) is 0. The quantitative estimate of drug-likeness (QED) is 0.832. The zero-order valence-corrected chi connectivity index (χ0v) is 15.2. The Morgan fingerprint density at radius 1 is 1.04 bits per heavy atom. The predicted molar refractivity (Wildman–Crippen MR) is 97.8 cm³/mol. The first-order valence-electron chi connectivity index (χ1n) is 8.97. The third kappa shape index (κ3) is 4.10. The lowest BCUT2D eigenvalue weighted by molar-refractivity contribution is -0.132. The summed E-state index contributed by atoms with van der Waals surface area (Å²) in [4.78, 5) is 16.7. The second-order valence-corrected chi connectivity index (χ2v) is 6.87. The zero-order chi connectivity index (χ0) is 18.7. The van der Waals surface area contributed by atoms with Crippen LogP contribution >= 0.6 is 0 Å². The Morgan fingerprint density at radius 2 is 1.73 bits per heavy atom. The van der Waals surface area contributed by atoms with Crippen LogP contribution in [-0.2, 0) is 11.2 Å². The van der Waals surface area contributed by atoms with Crippen molar-refractivity contribution in [3.05, 3.63) is 70.8 Å². The number of carbonyl (C=O) groups excluding carboxylic acids is 1. The van der Waals surface area contributed by atoms with Crippen molar-refractivity contribution in [2.75, 3.05) is 26.2 Å². The Hall–Kier alpha value is -2.27. The number of amides is 1. The molecule has 2 aromatic carbocycles. The van der Waals surface area contributed by atoms with Gasteiger partial charge >= 0.3 is 0 Å². The molecule has 0 aliphatic carbocycles. The summed E-state index contributed by atoms with van der Waals surface area (Å²) in [5.74, 6) is -1.51. The van der Waals surface area contributed by atoms with E-state index in [0.29, 0.717) is 19.5 Å². The van der Waals surface area contributed by atoms with E-state index >= 15 is 0 Å². The molecule has 2 aromatic rings. The maximum atomic E-state index is 13.5. The molecular formula is C21H24F2N2O. The van der Waals surface area contributed by atoms with Gasteiger partial charge in [0.25, 0.3) is 0 Å². The number of benzene rings is 2. The average Bonchev–Trinajstić information content (AvgIpc) is 2.65. The molecular weight excluding hydrogens is 334 g/mol. The van der Waals surface area contributed by atoms with Crippen LogP contribution in [0.25, 0.3) is 0 Å². The molecule has 0 aromatic heterocycles. The average molecular weight is 358 g/mol. The van der Waals surface area contributed by atoms with Gasteiger partial charge in [-0.05, 0) is 42.7 Å². The van der Waals surface area contributed by atoms with E-state index < -0.39 is 11.6 Å². The molecule has 26 heavy (non-hydrogen) atoms. The van der Waals surface area contributed by atoms with Crippen molar-refractivity contribution in [2.24, 2.45) is 0 Å². The summed E-state index contributed by atoms with van der Waals surface area (Å²) in [7, 11) is 0. The summed E-state index contributed by atoms with van der Waals surface area (Å²) < 4.78 is 26.6. The molecule has 1 aliphatic rings. The van der Waals surface area contributed by atoms with E-state index in [0.717, 1.165) is 29.8 Å². The summed E-state index contributed by atoms with van der Waals surface area (Å²) >= 11 is 0. The van der Waals surface area contributed by atoms with Crippen LogP contribution in [0.15, 0.2) is 42.5 Å². The fourth-order valence-electron chi connectivity index (χ4n) is 3.42. The minimum absolute atomic E-state index is 0.0151. The van der Waals surface area contributed by atoms with Crippen molar-refractivity contribution in [2.45, 2.75) is 26.3 Å². The van der Waals surface area contributed by atoms with Crippen LogP contribution in [0.2, 0.25) is 0 Å². The lowest BCUT2D eigenvalue weighted by atomic mass is 10.0. The van der Waals surface area contributed by atoms with Crippen LogP contribution in [0.1, 0.15) is 29.7 Å². The fourth-order valence-corrected chi connectivity index (χ4v) is 3.42. The highest BCUT2D eigenvalue weighted by atomic mass is 19.2. The van der Waals surface area contributed by atoms with Crippen molar-refractivity contribution in [3.63, 3.8) is 0 Å². The van der Waals surface area contributed by atoms with Crippen molar-refractivity contribution in [1.29, 1.82) is 0 Å². The van der Waals surface area contributed by atoms with Crippen molar-refractivity contribution >= 4 is 5.91 Å². The minimum Gasteiger partial charge on any atom is -0.340 e. The molecule has 1 atom stereocenters. The van der Waals surface area contributed by atoms with Crippen molar-refractivity contribution in [1.82, 2.24) is 9.80 Å². The van der Waals surface area contributed by atoms with Crippen LogP contribution < -0.4 is 0 Å². The number of nitrogens with zero attached hydrogens (tertiary/aromatic N) is 2. The highest BCUT2D eigenvalue weighted by Gasteiger charge is 2.25. The van der Waals surface area contributed by atoms with E-state index in [9.17, 15) is 13.6 Å². The predicted octanol–water partition coefficient (Wildman–Crippen LogP) is 3.72. The van der Waals surface area contributed by atoms with Gasteiger partial charge < -0.3 is 4.90 Å². The van der Waals surface area contributed by atoms with Crippen LogP contribution in [0.4, 0.5) is 8.78 Å². The molecule has 1 saturated heterocycles. The van der Waals surface area contributed by atoms with E-state index in [2.05, 4.69) is 4.90 Å². The molecule has 0 radical (unpaired) electrons. The molecule has 138 valence electrons. The standard InChI is InChI=1S/C21H24F2N2O/c1-15-5-3-4-6-17(15)14-21(26)25-11-9-24(10-12-25)16(2)18-7-8-19(22)20(23)13-18/h3-8,13,16H,9-12,14H2,1-2H3. The Morgan fingerprint density at radius 3 is 2.38 bits per heavy atom. The van der Waals surface area contributed by atoms with E-state index in [4.69, 9.17) is 0 Å². The highest BCUT2D eigenvalue weighted by Crippen LogP contribution is 2.23. The van der Waals surface area contributed by atoms with Gasteiger partial charge in [0.1, 0.15) is 0 Å². The summed E-state index contributed by atoms with van der Waals surface area (Å²) in [5.41, 5.74) is 2.95. The third-order valence-electron chi connectivity index (χ3n) is 5.24. The Bertz CT molecular complexity index is 785. The van der Waals surface area contributed by atoms with Gasteiger partial charge in [0.15, 0.2) is 11.6 Å². The second kappa shape index (κ2) is 7.96. The molecule has 1 aliphatic heterocycles. The van der Waals surface area contributed by atoms with E-state index in [1.165, 1.54) is 12.1 Å². The van der Waals surface area contributed by atoms with E-state index in [1.54, 1.807) is 6.07 Å². The number of carbonyl (C=O) groups is 1. The normalized spacial score (nSPS) is 16.5. The lowest BCUT2D eigenvalue weighted by Crippen LogP contribution is -2.49. The van der Waals surface area contributed by atoms with E-state index in [1.807, 2.05) is 43.0 Å². The minimum atomic E-state index is -0.826. The molecule has 1 heterocycles. The van der Waals surface area contributed by atoms with Gasteiger partial charge in [0.05, 0.1) is 6.42 Å². The fraction of sp³-hybridized carbons (Fsp3) is 0.381. The van der Waals surface area contributed by atoms with Crippen LogP contribution in [0, 0.1) is 18.6 Å². The first-order chi connectivity index (χ1) is 12.5. The summed E-state index contributed by atoms with van der Waals surface area (Å²) in [6, 6.07) is 12.0. The molecule has 3 nitrogen and oxygen atoms in total. The highest BCUT2D eigenvalue weighted by molar-refractivity contribution is 5.79. The number of halogens is 2. The monoisotopic (exact) mass is 358 g/mol. The Balaban J connectivity index is 1.57. The Kier molecular flexibility index (Phi) is 5.67. The van der Waals surface area contributed by atoms with Crippen molar-refractivity contribution < 1.29 is 13.6 Å². The maximum absolute atomic E-state index is 13.5. The molecule has 3 rings (SSSR count). The molecule has 0 N–H and O–H groups in total. The van der Waals surface area contributed by atoms with Gasteiger partial charge in [-0.1, -0.05) is 30.3 Å². The van der Waals surface area contributed by atoms with E-state index in [-0.39, 0.29) is 11.9 Å². The van der Waals surface area contributed by atoms with Gasteiger partial charge in [-0.15, -0.1) is 0 Å². The number of hydrogen-bond donors (Lipinski definition) is 0. The van der Waals surface area contributed by atoms with Gasteiger partial charge in [-0.25, -0.2) is 8.78 Å². The molecule has 0 bridgehead atoms. The molecule has 1 fully saturated rings. The number of aryl methyl sites for hydroxylation is 1. The topological polar surface area (TPSA) is 23.6 Å². The van der Waals surface area contributed by atoms with Crippen molar-refractivity contribution in [3.8, 4) is 0 Å². The van der Waals surface area contributed by atoms with Gasteiger partial charge in [0.2, 0.25) is 5.91 Å². The number of hydrogen-bond acceptors (Lipinski definition) is 2. The maximum Gasteiger partial charge on any atom is 0.227 e. The zero-order valence-electron chi connectivity index (χ0n) is 15.2. The number of piperazine rings is 1. The molecule has 5 heteroatoms.